The molecule has 0 aromatic heterocycles. The highest BCUT2D eigenvalue weighted by atomic mass is 16.5. The summed E-state index contributed by atoms with van der Waals surface area (Å²) < 4.78 is 10.8. The van der Waals surface area contributed by atoms with Crippen LogP contribution >= 0.6 is 0 Å². The van der Waals surface area contributed by atoms with Crippen LogP contribution < -0.4 is 14.4 Å². The van der Waals surface area contributed by atoms with E-state index in [-0.39, 0.29) is 11.8 Å². The zero-order chi connectivity index (χ0) is 22.7. The normalized spacial score (nSPS) is 17.3. The molecular formula is C25H29N3O4. The first-order chi connectivity index (χ1) is 15.6. The lowest BCUT2D eigenvalue weighted by Gasteiger charge is -2.36. The van der Waals surface area contributed by atoms with Crippen molar-refractivity contribution in [2.24, 2.45) is 0 Å². The fourth-order valence-corrected chi connectivity index (χ4v) is 4.21. The molecule has 0 N–H and O–H groups in total. The van der Waals surface area contributed by atoms with E-state index < -0.39 is 0 Å². The fourth-order valence-electron chi connectivity index (χ4n) is 4.21. The van der Waals surface area contributed by atoms with Gasteiger partial charge >= 0.3 is 0 Å². The Kier molecular flexibility index (Phi) is 6.46. The number of carbonyl (C=O) groups is 2. The third kappa shape index (κ3) is 4.08. The quantitative estimate of drug-likeness (QED) is 0.623. The molecule has 0 atom stereocenters. The Morgan fingerprint density at radius 3 is 2.00 bits per heavy atom. The van der Waals surface area contributed by atoms with Gasteiger partial charge in [0.2, 0.25) is 0 Å². The van der Waals surface area contributed by atoms with Gasteiger partial charge in [-0.05, 0) is 55.4 Å². The van der Waals surface area contributed by atoms with Gasteiger partial charge in [-0.1, -0.05) is 19.1 Å². The maximum absolute atomic E-state index is 13.6. The number of ether oxygens (including phenoxy) is 2. The molecule has 0 bridgehead atoms. The third-order valence-electron chi connectivity index (χ3n) is 5.98. The Morgan fingerprint density at radius 2 is 1.44 bits per heavy atom. The predicted octanol–water partition coefficient (Wildman–Crippen LogP) is 3.02. The lowest BCUT2D eigenvalue weighted by molar-refractivity contribution is -0.120. The molecule has 2 aromatic rings. The molecule has 32 heavy (non-hydrogen) atoms. The first-order valence-corrected chi connectivity index (χ1v) is 11.0. The molecule has 0 unspecified atom stereocenters. The van der Waals surface area contributed by atoms with Crippen LogP contribution in [0.4, 0.5) is 5.69 Å². The first kappa shape index (κ1) is 21.9. The van der Waals surface area contributed by atoms with Gasteiger partial charge in [-0.15, -0.1) is 0 Å². The minimum Gasteiger partial charge on any atom is -0.497 e. The van der Waals surface area contributed by atoms with Crippen LogP contribution in [0.1, 0.15) is 19.4 Å². The van der Waals surface area contributed by atoms with E-state index in [0.29, 0.717) is 42.4 Å². The molecule has 7 heteroatoms. The largest absolute Gasteiger partial charge is 0.497 e. The number of carbonyl (C=O) groups excluding carboxylic acids is 2. The number of imide groups is 1. The molecule has 2 amide bonds. The van der Waals surface area contributed by atoms with Gasteiger partial charge in [0.25, 0.3) is 11.8 Å². The standard InChI is InChI=1S/C25H29N3O4/c1-4-26-14-16-27(17-15-26)23-22(18-6-10-21(11-7-18)32-5-2)24(29)28(25(23)30)19-8-12-20(31-3)13-9-19/h6-13H,4-5,14-17H2,1-3H3. The monoisotopic (exact) mass is 435 g/mol. The molecule has 2 heterocycles. The van der Waals surface area contributed by atoms with E-state index in [1.54, 1.807) is 31.4 Å². The highest BCUT2D eigenvalue weighted by Crippen LogP contribution is 2.36. The highest BCUT2D eigenvalue weighted by Gasteiger charge is 2.43. The van der Waals surface area contributed by atoms with Gasteiger partial charge in [-0.3, -0.25) is 9.59 Å². The molecule has 1 saturated heterocycles. The molecular weight excluding hydrogens is 406 g/mol. The van der Waals surface area contributed by atoms with Gasteiger partial charge in [0, 0.05) is 26.2 Å². The zero-order valence-electron chi connectivity index (χ0n) is 18.8. The second kappa shape index (κ2) is 9.44. The minimum atomic E-state index is -0.308. The maximum atomic E-state index is 13.6. The maximum Gasteiger partial charge on any atom is 0.282 e. The van der Waals surface area contributed by atoms with Crippen LogP contribution in [0.5, 0.6) is 11.5 Å². The lowest BCUT2D eigenvalue weighted by atomic mass is 10.0. The Balaban J connectivity index is 1.73. The Morgan fingerprint density at radius 1 is 0.812 bits per heavy atom. The van der Waals surface area contributed by atoms with Crippen LogP contribution in [0.2, 0.25) is 0 Å². The van der Waals surface area contributed by atoms with Crippen molar-refractivity contribution in [1.82, 2.24) is 9.80 Å². The van der Waals surface area contributed by atoms with E-state index in [1.165, 1.54) is 4.90 Å². The van der Waals surface area contributed by atoms with Gasteiger partial charge in [-0.2, -0.15) is 0 Å². The van der Waals surface area contributed by atoms with Crippen LogP contribution in [0, 0.1) is 0 Å². The highest BCUT2D eigenvalue weighted by molar-refractivity contribution is 6.45. The second-order valence-corrected chi connectivity index (χ2v) is 7.75. The molecule has 1 fully saturated rings. The van der Waals surface area contributed by atoms with Crippen molar-refractivity contribution >= 4 is 23.1 Å². The number of anilines is 1. The summed E-state index contributed by atoms with van der Waals surface area (Å²) in [7, 11) is 1.58. The van der Waals surface area contributed by atoms with Crippen molar-refractivity contribution in [2.75, 3.05) is 51.3 Å². The van der Waals surface area contributed by atoms with E-state index in [9.17, 15) is 9.59 Å². The van der Waals surface area contributed by atoms with Gasteiger partial charge in [0.05, 0.1) is 25.0 Å². The van der Waals surface area contributed by atoms with Gasteiger partial charge in [-0.25, -0.2) is 4.90 Å². The number of piperazine rings is 1. The number of hydrogen-bond acceptors (Lipinski definition) is 6. The molecule has 0 radical (unpaired) electrons. The Hall–Kier alpha value is -3.32. The zero-order valence-corrected chi connectivity index (χ0v) is 18.8. The van der Waals surface area contributed by atoms with E-state index in [2.05, 4.69) is 16.7 Å². The lowest BCUT2D eigenvalue weighted by Crippen LogP contribution is -2.47. The van der Waals surface area contributed by atoms with E-state index in [4.69, 9.17) is 9.47 Å². The Bertz CT molecular complexity index is 1010. The van der Waals surface area contributed by atoms with Gasteiger partial charge < -0.3 is 19.3 Å². The summed E-state index contributed by atoms with van der Waals surface area (Å²) in [5.74, 6) is 0.813. The third-order valence-corrected chi connectivity index (χ3v) is 5.98. The smallest absolute Gasteiger partial charge is 0.282 e. The first-order valence-electron chi connectivity index (χ1n) is 11.0. The summed E-state index contributed by atoms with van der Waals surface area (Å²) in [4.78, 5) is 32.9. The summed E-state index contributed by atoms with van der Waals surface area (Å²) in [6.07, 6.45) is 0. The van der Waals surface area contributed by atoms with Crippen molar-refractivity contribution in [2.45, 2.75) is 13.8 Å². The van der Waals surface area contributed by atoms with Crippen LogP contribution in [-0.2, 0) is 9.59 Å². The second-order valence-electron chi connectivity index (χ2n) is 7.75. The van der Waals surface area contributed by atoms with Gasteiger partial charge in [0.15, 0.2) is 0 Å². The number of amides is 2. The summed E-state index contributed by atoms with van der Waals surface area (Å²) in [6, 6.07) is 14.4. The summed E-state index contributed by atoms with van der Waals surface area (Å²) in [5, 5.41) is 0. The summed E-state index contributed by atoms with van der Waals surface area (Å²) in [5.41, 5.74) is 2.17. The van der Waals surface area contributed by atoms with Crippen molar-refractivity contribution in [1.29, 1.82) is 0 Å². The topological polar surface area (TPSA) is 62.3 Å². The minimum absolute atomic E-state index is 0.283. The summed E-state index contributed by atoms with van der Waals surface area (Å²) in [6.45, 7) is 8.74. The molecule has 2 aliphatic rings. The molecule has 168 valence electrons. The molecule has 0 spiro atoms. The van der Waals surface area contributed by atoms with E-state index >= 15 is 0 Å². The molecule has 0 aliphatic carbocycles. The average molecular weight is 436 g/mol. The predicted molar refractivity (Wildman–Crippen MR) is 124 cm³/mol. The number of hydrogen-bond donors (Lipinski definition) is 0. The van der Waals surface area contributed by atoms with Crippen molar-refractivity contribution < 1.29 is 19.1 Å². The number of methoxy groups -OCH3 is 1. The number of rotatable bonds is 7. The molecule has 2 aromatic carbocycles. The van der Waals surface area contributed by atoms with Crippen molar-refractivity contribution in [3.8, 4) is 11.5 Å². The van der Waals surface area contributed by atoms with Crippen molar-refractivity contribution in [3.05, 3.63) is 59.8 Å². The Labute approximate surface area is 188 Å². The van der Waals surface area contributed by atoms with Crippen LogP contribution in [0.15, 0.2) is 54.2 Å². The van der Waals surface area contributed by atoms with Crippen LogP contribution in [0.3, 0.4) is 0 Å². The molecule has 4 rings (SSSR count). The number of benzene rings is 2. The van der Waals surface area contributed by atoms with E-state index in [0.717, 1.165) is 30.9 Å². The number of likely N-dealkylation sites (N-methyl/N-ethyl adjacent to an activating group) is 1. The van der Waals surface area contributed by atoms with Crippen LogP contribution in [-0.4, -0.2) is 68.1 Å². The van der Waals surface area contributed by atoms with Gasteiger partial charge in [0.1, 0.15) is 17.2 Å². The SMILES string of the molecule is CCOc1ccc(C2=C(N3CCN(CC)CC3)C(=O)N(c3ccc(OC)cc3)C2=O)cc1. The van der Waals surface area contributed by atoms with Crippen molar-refractivity contribution in [3.63, 3.8) is 0 Å². The average Bonchev–Trinajstić information content (AvgIpc) is 3.10. The molecule has 2 aliphatic heterocycles. The summed E-state index contributed by atoms with van der Waals surface area (Å²) >= 11 is 0. The fraction of sp³-hybridized carbons (Fsp3) is 0.360. The van der Waals surface area contributed by atoms with Crippen LogP contribution in [0.25, 0.3) is 5.57 Å². The number of nitrogens with zero attached hydrogens (tertiary/aromatic N) is 3. The van der Waals surface area contributed by atoms with E-state index in [1.807, 2.05) is 31.2 Å². The molecule has 7 nitrogen and oxygen atoms in total. The molecule has 0 saturated carbocycles.